The highest BCUT2D eigenvalue weighted by Gasteiger charge is 2.22. The number of aliphatic hydroxyl groups is 1. The van der Waals surface area contributed by atoms with Gasteiger partial charge < -0.3 is 15.2 Å². The average molecular weight is 224 g/mol. The van der Waals surface area contributed by atoms with E-state index in [9.17, 15) is 0 Å². The highest BCUT2D eigenvalue weighted by atomic mass is 16.5. The van der Waals surface area contributed by atoms with Crippen molar-refractivity contribution < 1.29 is 9.84 Å². The van der Waals surface area contributed by atoms with Gasteiger partial charge in [-0.1, -0.05) is 0 Å². The smallest absolute Gasteiger partial charge is 0.0642 e. The van der Waals surface area contributed by atoms with Gasteiger partial charge in [-0.15, -0.1) is 0 Å². The molecule has 4 nitrogen and oxygen atoms in total. The fraction of sp³-hybridized carbons (Fsp3) is 0.583. The van der Waals surface area contributed by atoms with E-state index in [1.54, 1.807) is 19.5 Å². The van der Waals surface area contributed by atoms with Crippen molar-refractivity contribution in [2.75, 3.05) is 20.3 Å². The predicted molar refractivity (Wildman–Crippen MR) is 63.1 cm³/mol. The van der Waals surface area contributed by atoms with Gasteiger partial charge in [-0.3, -0.25) is 4.98 Å². The molecule has 2 N–H and O–H groups in total. The monoisotopic (exact) mass is 224 g/mol. The van der Waals surface area contributed by atoms with Gasteiger partial charge in [-0.25, -0.2) is 0 Å². The molecule has 0 aromatic carbocycles. The Bertz CT molecular complexity index is 284. The van der Waals surface area contributed by atoms with Gasteiger partial charge in [0.05, 0.1) is 6.61 Å². The standard InChI is InChI=1S/C12H20N2O2/c1-12(5-8-15,10-16-2)14-9-11-3-6-13-7-4-11/h3-4,6-7,14-15H,5,8-10H2,1-2H3. The van der Waals surface area contributed by atoms with Crippen molar-refractivity contribution in [3.63, 3.8) is 0 Å². The molecule has 4 heteroatoms. The Labute approximate surface area is 96.7 Å². The summed E-state index contributed by atoms with van der Waals surface area (Å²) in [5.74, 6) is 0. The number of methoxy groups -OCH3 is 1. The first-order valence-corrected chi connectivity index (χ1v) is 5.44. The Balaban J connectivity index is 2.49. The Morgan fingerprint density at radius 3 is 2.69 bits per heavy atom. The lowest BCUT2D eigenvalue weighted by molar-refractivity contribution is 0.0969. The van der Waals surface area contributed by atoms with Crippen molar-refractivity contribution in [1.82, 2.24) is 10.3 Å². The van der Waals surface area contributed by atoms with Crippen LogP contribution >= 0.6 is 0 Å². The van der Waals surface area contributed by atoms with E-state index in [0.29, 0.717) is 13.0 Å². The summed E-state index contributed by atoms with van der Waals surface area (Å²) in [4.78, 5) is 3.97. The fourth-order valence-corrected chi connectivity index (χ4v) is 1.59. The molecule has 0 aliphatic carbocycles. The molecule has 1 unspecified atom stereocenters. The maximum absolute atomic E-state index is 9.02. The van der Waals surface area contributed by atoms with Gasteiger partial charge in [-0.2, -0.15) is 0 Å². The van der Waals surface area contributed by atoms with Gasteiger partial charge in [0.15, 0.2) is 0 Å². The lowest BCUT2D eigenvalue weighted by atomic mass is 9.99. The molecule has 1 rings (SSSR count). The molecule has 0 saturated heterocycles. The SMILES string of the molecule is COCC(C)(CCO)NCc1ccncc1. The van der Waals surface area contributed by atoms with E-state index >= 15 is 0 Å². The molecule has 1 atom stereocenters. The van der Waals surface area contributed by atoms with E-state index in [1.165, 1.54) is 5.56 Å². The summed E-state index contributed by atoms with van der Waals surface area (Å²) in [6, 6.07) is 3.94. The topological polar surface area (TPSA) is 54.4 Å². The van der Waals surface area contributed by atoms with E-state index < -0.39 is 0 Å². The molecule has 16 heavy (non-hydrogen) atoms. The summed E-state index contributed by atoms with van der Waals surface area (Å²) in [6.07, 6.45) is 4.22. The van der Waals surface area contributed by atoms with Gasteiger partial charge in [0, 0.05) is 38.2 Å². The third-order valence-electron chi connectivity index (χ3n) is 2.60. The molecule has 1 heterocycles. The lowest BCUT2D eigenvalue weighted by Gasteiger charge is -2.29. The quantitative estimate of drug-likeness (QED) is 0.724. The number of rotatable bonds is 7. The minimum absolute atomic E-state index is 0.156. The Hall–Kier alpha value is -0.970. The Morgan fingerprint density at radius 2 is 2.12 bits per heavy atom. The van der Waals surface area contributed by atoms with Gasteiger partial charge in [0.25, 0.3) is 0 Å². The number of ether oxygens (including phenoxy) is 1. The lowest BCUT2D eigenvalue weighted by Crippen LogP contribution is -2.46. The van der Waals surface area contributed by atoms with Crippen LogP contribution in [-0.4, -0.2) is 36.0 Å². The molecule has 90 valence electrons. The van der Waals surface area contributed by atoms with Gasteiger partial charge in [-0.05, 0) is 31.0 Å². The molecular weight excluding hydrogens is 204 g/mol. The molecular formula is C12H20N2O2. The molecule has 0 aliphatic rings. The molecule has 0 radical (unpaired) electrons. The number of hydrogen-bond donors (Lipinski definition) is 2. The molecule has 1 aromatic rings. The van der Waals surface area contributed by atoms with Crippen LogP contribution in [0.4, 0.5) is 0 Å². The Kier molecular flexibility index (Phi) is 5.38. The Morgan fingerprint density at radius 1 is 1.44 bits per heavy atom. The third-order valence-corrected chi connectivity index (χ3v) is 2.60. The van der Waals surface area contributed by atoms with Crippen molar-refractivity contribution in [3.05, 3.63) is 30.1 Å². The van der Waals surface area contributed by atoms with Crippen molar-refractivity contribution in [1.29, 1.82) is 0 Å². The number of aliphatic hydroxyl groups excluding tert-OH is 1. The summed E-state index contributed by atoms with van der Waals surface area (Å²) in [5, 5.41) is 12.4. The van der Waals surface area contributed by atoms with Crippen LogP contribution in [-0.2, 0) is 11.3 Å². The molecule has 0 amide bonds. The highest BCUT2D eigenvalue weighted by Crippen LogP contribution is 2.11. The molecule has 0 aliphatic heterocycles. The third kappa shape index (κ3) is 4.26. The number of pyridine rings is 1. The summed E-state index contributed by atoms with van der Waals surface area (Å²) in [5.41, 5.74) is 0.988. The maximum atomic E-state index is 9.02. The number of nitrogens with one attached hydrogen (secondary N) is 1. The van der Waals surface area contributed by atoms with Gasteiger partial charge in [0.1, 0.15) is 0 Å². The van der Waals surface area contributed by atoms with Crippen molar-refractivity contribution in [2.24, 2.45) is 0 Å². The predicted octanol–water partition coefficient (Wildman–Crippen LogP) is 0.959. The number of nitrogens with zero attached hydrogens (tertiary/aromatic N) is 1. The zero-order valence-corrected chi connectivity index (χ0v) is 9.94. The number of aromatic nitrogens is 1. The van der Waals surface area contributed by atoms with Crippen LogP contribution in [0.2, 0.25) is 0 Å². The van der Waals surface area contributed by atoms with Crippen LogP contribution in [0.25, 0.3) is 0 Å². The van der Waals surface area contributed by atoms with Crippen LogP contribution in [0, 0.1) is 0 Å². The minimum atomic E-state index is -0.188. The van der Waals surface area contributed by atoms with E-state index in [1.807, 2.05) is 19.1 Å². The summed E-state index contributed by atoms with van der Waals surface area (Å²) in [6.45, 7) is 3.54. The van der Waals surface area contributed by atoms with E-state index in [2.05, 4.69) is 10.3 Å². The first-order valence-electron chi connectivity index (χ1n) is 5.44. The molecule has 0 bridgehead atoms. The first-order chi connectivity index (χ1) is 7.70. The van der Waals surface area contributed by atoms with Crippen molar-refractivity contribution >= 4 is 0 Å². The fourth-order valence-electron chi connectivity index (χ4n) is 1.59. The maximum Gasteiger partial charge on any atom is 0.0642 e. The van der Waals surface area contributed by atoms with Crippen LogP contribution in [0.3, 0.4) is 0 Å². The van der Waals surface area contributed by atoms with Crippen LogP contribution in [0.5, 0.6) is 0 Å². The van der Waals surface area contributed by atoms with Gasteiger partial charge >= 0.3 is 0 Å². The summed E-state index contributed by atoms with van der Waals surface area (Å²) >= 11 is 0. The normalized spacial score (nSPS) is 14.7. The summed E-state index contributed by atoms with van der Waals surface area (Å²) < 4.78 is 5.16. The molecule has 0 fully saturated rings. The molecule has 1 aromatic heterocycles. The summed E-state index contributed by atoms with van der Waals surface area (Å²) in [7, 11) is 1.67. The zero-order chi connectivity index (χ0) is 11.9. The second-order valence-corrected chi connectivity index (χ2v) is 4.18. The largest absolute Gasteiger partial charge is 0.396 e. The second-order valence-electron chi connectivity index (χ2n) is 4.18. The first kappa shape index (κ1) is 13.1. The van der Waals surface area contributed by atoms with Crippen molar-refractivity contribution in [3.8, 4) is 0 Å². The zero-order valence-electron chi connectivity index (χ0n) is 9.94. The van der Waals surface area contributed by atoms with Crippen LogP contribution in [0.15, 0.2) is 24.5 Å². The van der Waals surface area contributed by atoms with Crippen LogP contribution < -0.4 is 5.32 Å². The minimum Gasteiger partial charge on any atom is -0.396 e. The van der Waals surface area contributed by atoms with Crippen LogP contribution in [0.1, 0.15) is 18.9 Å². The number of hydrogen-bond acceptors (Lipinski definition) is 4. The average Bonchev–Trinajstić information content (AvgIpc) is 2.29. The molecule has 0 spiro atoms. The second kappa shape index (κ2) is 6.58. The van der Waals surface area contributed by atoms with E-state index in [4.69, 9.17) is 9.84 Å². The molecule has 0 saturated carbocycles. The van der Waals surface area contributed by atoms with E-state index in [-0.39, 0.29) is 12.1 Å². The highest BCUT2D eigenvalue weighted by molar-refractivity contribution is 5.09. The van der Waals surface area contributed by atoms with E-state index in [0.717, 1.165) is 6.54 Å². The van der Waals surface area contributed by atoms with Crippen molar-refractivity contribution in [2.45, 2.75) is 25.4 Å². The van der Waals surface area contributed by atoms with Gasteiger partial charge in [0.2, 0.25) is 0 Å².